The third-order valence-electron chi connectivity index (χ3n) is 5.79. The van der Waals surface area contributed by atoms with E-state index in [0.29, 0.717) is 35.4 Å². The average molecular weight is 490 g/mol. The van der Waals surface area contributed by atoms with E-state index in [1.165, 1.54) is 18.5 Å². The van der Waals surface area contributed by atoms with Crippen LogP contribution < -0.4 is 15.4 Å². The number of amides is 1. The molecule has 186 valence electrons. The molecule has 3 N–H and O–H groups in total. The summed E-state index contributed by atoms with van der Waals surface area (Å²) in [6, 6.07) is 5.64. The van der Waals surface area contributed by atoms with Crippen LogP contribution in [0.1, 0.15) is 13.3 Å². The van der Waals surface area contributed by atoms with E-state index in [0.717, 1.165) is 10.5 Å². The SMILES string of the molecule is COc1nc(N[C@@H]2CN(C(C)=O)CC2(F)F)nn2ccc(-c3ccc(N=N)c(NCCCF)c3)c12. The van der Waals surface area contributed by atoms with E-state index in [-0.39, 0.29) is 18.4 Å². The fourth-order valence-electron chi connectivity index (χ4n) is 3.99. The summed E-state index contributed by atoms with van der Waals surface area (Å²) in [5.41, 5.74) is 10.3. The number of nitrogens with one attached hydrogen (secondary N) is 3. The Bertz CT molecular complexity index is 1250. The van der Waals surface area contributed by atoms with Crippen molar-refractivity contribution in [2.45, 2.75) is 25.3 Å². The van der Waals surface area contributed by atoms with Crippen LogP contribution in [0.15, 0.2) is 35.6 Å². The number of aromatic nitrogens is 3. The molecule has 0 unspecified atom stereocenters. The smallest absolute Gasteiger partial charge is 0.286 e. The first kappa shape index (κ1) is 24.2. The van der Waals surface area contributed by atoms with Gasteiger partial charge in [0.2, 0.25) is 17.7 Å². The first-order valence-corrected chi connectivity index (χ1v) is 10.9. The Hall–Kier alpha value is -3.90. The van der Waals surface area contributed by atoms with Crippen LogP contribution in [0.5, 0.6) is 5.88 Å². The first-order chi connectivity index (χ1) is 16.8. The van der Waals surface area contributed by atoms with Crippen LogP contribution in [-0.4, -0.2) is 70.8 Å². The van der Waals surface area contributed by atoms with Crippen molar-refractivity contribution < 1.29 is 22.7 Å². The number of likely N-dealkylation sites (tertiary alicyclic amines) is 1. The van der Waals surface area contributed by atoms with Gasteiger partial charge in [-0.2, -0.15) is 10.1 Å². The van der Waals surface area contributed by atoms with E-state index in [1.54, 1.807) is 30.5 Å². The monoisotopic (exact) mass is 490 g/mol. The molecule has 1 aliphatic heterocycles. The van der Waals surface area contributed by atoms with E-state index in [4.69, 9.17) is 10.3 Å². The zero-order chi connectivity index (χ0) is 25.2. The molecule has 1 atom stereocenters. The number of hydrogen-bond donors (Lipinski definition) is 3. The Morgan fingerprint density at radius 3 is 2.83 bits per heavy atom. The summed E-state index contributed by atoms with van der Waals surface area (Å²) in [4.78, 5) is 16.9. The predicted octanol–water partition coefficient (Wildman–Crippen LogP) is 4.12. The fourth-order valence-corrected chi connectivity index (χ4v) is 3.99. The number of carbonyl (C=O) groups is 1. The second-order valence-electron chi connectivity index (χ2n) is 8.14. The number of benzene rings is 1. The molecular formula is C22H25F3N8O2. The van der Waals surface area contributed by atoms with Gasteiger partial charge in [-0.15, -0.1) is 5.10 Å². The molecule has 0 bridgehead atoms. The van der Waals surface area contributed by atoms with Gasteiger partial charge < -0.3 is 20.3 Å². The number of methoxy groups -OCH3 is 1. The molecule has 1 aromatic carbocycles. The van der Waals surface area contributed by atoms with Gasteiger partial charge in [-0.3, -0.25) is 9.18 Å². The zero-order valence-electron chi connectivity index (χ0n) is 19.2. The van der Waals surface area contributed by atoms with E-state index in [2.05, 4.69) is 25.8 Å². The number of ether oxygens (including phenoxy) is 1. The standard InChI is InChI=1S/C22H25F3N8O2/c1-13(34)32-11-18(22(24,25)12-32)28-21-29-20(35-2)19-15(6-9-33(19)31-21)14-4-5-16(30-26)17(10-14)27-8-3-7-23/h4-6,9-10,18,26-27H,3,7-8,11-12H2,1-2H3,(H,28,31)/t18-/m1/s1. The van der Waals surface area contributed by atoms with Crippen LogP contribution in [0, 0.1) is 5.53 Å². The Morgan fingerprint density at radius 1 is 1.37 bits per heavy atom. The largest absolute Gasteiger partial charge is 0.479 e. The van der Waals surface area contributed by atoms with Crippen LogP contribution in [0.4, 0.5) is 30.5 Å². The van der Waals surface area contributed by atoms with Crippen LogP contribution in [-0.2, 0) is 4.79 Å². The van der Waals surface area contributed by atoms with Crippen molar-refractivity contribution in [3.8, 4) is 17.0 Å². The Balaban J connectivity index is 1.67. The normalized spacial score (nSPS) is 16.9. The van der Waals surface area contributed by atoms with Crippen molar-refractivity contribution in [2.24, 2.45) is 5.11 Å². The van der Waals surface area contributed by atoms with Crippen molar-refractivity contribution >= 4 is 28.7 Å². The Kier molecular flexibility index (Phi) is 6.76. The van der Waals surface area contributed by atoms with Crippen LogP contribution >= 0.6 is 0 Å². The summed E-state index contributed by atoms with van der Waals surface area (Å²) in [6.45, 7) is 0.323. The average Bonchev–Trinajstić information content (AvgIpc) is 3.39. The highest BCUT2D eigenvalue weighted by Crippen LogP contribution is 2.36. The Labute approximate surface area is 199 Å². The molecule has 3 heterocycles. The molecule has 10 nitrogen and oxygen atoms in total. The molecule has 0 saturated carbocycles. The maximum atomic E-state index is 14.4. The molecule has 1 fully saturated rings. The minimum atomic E-state index is -3.14. The van der Waals surface area contributed by atoms with E-state index < -0.39 is 31.1 Å². The molecule has 2 aromatic heterocycles. The van der Waals surface area contributed by atoms with E-state index in [9.17, 15) is 18.0 Å². The summed E-state index contributed by atoms with van der Waals surface area (Å²) in [5.74, 6) is -3.48. The van der Waals surface area contributed by atoms with Gasteiger partial charge >= 0.3 is 0 Å². The second-order valence-corrected chi connectivity index (χ2v) is 8.14. The lowest BCUT2D eigenvalue weighted by Crippen LogP contribution is -2.38. The number of alkyl halides is 3. The van der Waals surface area contributed by atoms with Crippen molar-refractivity contribution in [2.75, 3.05) is 44.1 Å². The minimum absolute atomic E-state index is 0.0662. The van der Waals surface area contributed by atoms with Gasteiger partial charge in [-0.05, 0) is 30.2 Å². The van der Waals surface area contributed by atoms with Gasteiger partial charge in [0.05, 0.1) is 26.0 Å². The molecule has 35 heavy (non-hydrogen) atoms. The molecule has 1 amide bonds. The fraction of sp³-hybridized carbons (Fsp3) is 0.409. The van der Waals surface area contributed by atoms with Crippen molar-refractivity contribution in [3.63, 3.8) is 0 Å². The predicted molar refractivity (Wildman–Crippen MR) is 123 cm³/mol. The first-order valence-electron chi connectivity index (χ1n) is 10.9. The summed E-state index contributed by atoms with van der Waals surface area (Å²) in [7, 11) is 1.41. The highest BCUT2D eigenvalue weighted by atomic mass is 19.3. The molecule has 4 rings (SSSR count). The van der Waals surface area contributed by atoms with Crippen molar-refractivity contribution in [3.05, 3.63) is 30.5 Å². The molecule has 0 radical (unpaired) electrons. The highest BCUT2D eigenvalue weighted by molar-refractivity contribution is 5.87. The van der Waals surface area contributed by atoms with Crippen molar-refractivity contribution in [1.29, 1.82) is 5.53 Å². The zero-order valence-corrected chi connectivity index (χ0v) is 19.2. The van der Waals surface area contributed by atoms with Crippen LogP contribution in [0.25, 0.3) is 16.6 Å². The summed E-state index contributed by atoms with van der Waals surface area (Å²) in [5, 5.41) is 13.5. The van der Waals surface area contributed by atoms with Gasteiger partial charge in [0, 0.05) is 31.8 Å². The molecule has 0 aliphatic carbocycles. The molecule has 0 spiro atoms. The van der Waals surface area contributed by atoms with Crippen LogP contribution in [0.3, 0.4) is 0 Å². The molecule has 1 aliphatic rings. The van der Waals surface area contributed by atoms with Gasteiger partial charge in [-0.1, -0.05) is 6.07 Å². The third kappa shape index (κ3) is 4.84. The number of fused-ring (bicyclic) bond motifs is 1. The van der Waals surface area contributed by atoms with Gasteiger partial charge in [0.25, 0.3) is 5.92 Å². The van der Waals surface area contributed by atoms with Crippen molar-refractivity contribution in [1.82, 2.24) is 19.5 Å². The van der Waals surface area contributed by atoms with Gasteiger partial charge in [0.1, 0.15) is 17.2 Å². The lowest BCUT2D eigenvalue weighted by molar-refractivity contribution is -0.129. The third-order valence-corrected chi connectivity index (χ3v) is 5.79. The Morgan fingerprint density at radius 2 is 2.17 bits per heavy atom. The number of nitrogens with zero attached hydrogens (tertiary/aromatic N) is 5. The summed E-state index contributed by atoms with van der Waals surface area (Å²) in [6.07, 6.45) is 1.96. The number of carbonyl (C=O) groups excluding carboxylic acids is 1. The van der Waals surface area contributed by atoms with E-state index in [1.807, 2.05) is 0 Å². The summed E-state index contributed by atoms with van der Waals surface area (Å²) >= 11 is 0. The van der Waals surface area contributed by atoms with Gasteiger partial charge in [0.15, 0.2) is 0 Å². The number of rotatable bonds is 9. The molecular weight excluding hydrogens is 465 g/mol. The molecule has 3 aromatic rings. The maximum absolute atomic E-state index is 14.4. The number of halogens is 3. The molecule has 13 heteroatoms. The second kappa shape index (κ2) is 9.76. The molecule has 1 saturated heterocycles. The minimum Gasteiger partial charge on any atom is -0.479 e. The van der Waals surface area contributed by atoms with E-state index >= 15 is 0 Å². The lowest BCUT2D eigenvalue weighted by atomic mass is 10.1. The topological polar surface area (TPSA) is 120 Å². The lowest BCUT2D eigenvalue weighted by Gasteiger charge is -2.19. The number of hydrogen-bond acceptors (Lipinski definition) is 8. The maximum Gasteiger partial charge on any atom is 0.286 e. The number of anilines is 2. The highest BCUT2D eigenvalue weighted by Gasteiger charge is 2.49. The quantitative estimate of drug-likeness (QED) is 0.307. The van der Waals surface area contributed by atoms with Crippen LogP contribution in [0.2, 0.25) is 0 Å². The van der Waals surface area contributed by atoms with Gasteiger partial charge in [-0.25, -0.2) is 18.8 Å². The summed E-state index contributed by atoms with van der Waals surface area (Å²) < 4.78 is 48.3.